The highest BCUT2D eigenvalue weighted by Gasteiger charge is 2.41. The molecule has 1 unspecified atom stereocenters. The first-order valence-electron chi connectivity index (χ1n) is 8.82. The minimum atomic E-state index is 0.441. The monoisotopic (exact) mass is 339 g/mol. The van der Waals surface area contributed by atoms with Crippen LogP contribution in [-0.2, 0) is 0 Å². The molecule has 2 heterocycles. The second kappa shape index (κ2) is 5.81. The van der Waals surface area contributed by atoms with Gasteiger partial charge in [0.15, 0.2) is 5.96 Å². The van der Waals surface area contributed by atoms with Crippen LogP contribution in [0.4, 0.5) is 5.69 Å². The quantitative estimate of drug-likeness (QED) is 0.757. The van der Waals surface area contributed by atoms with E-state index in [9.17, 15) is 0 Å². The van der Waals surface area contributed by atoms with E-state index in [1.165, 1.54) is 41.7 Å². The minimum absolute atomic E-state index is 0.441. The molecule has 1 aromatic carbocycles. The summed E-state index contributed by atoms with van der Waals surface area (Å²) in [5, 5.41) is 8.74. The van der Waals surface area contributed by atoms with Crippen LogP contribution in [0.1, 0.15) is 47.6 Å². The molecule has 0 amide bonds. The normalized spacial score (nSPS) is 22.0. The molecule has 1 atom stereocenters. The fourth-order valence-electron chi connectivity index (χ4n) is 3.75. The van der Waals surface area contributed by atoms with Gasteiger partial charge in [0.05, 0.1) is 12.6 Å². The molecule has 0 spiro atoms. The van der Waals surface area contributed by atoms with Gasteiger partial charge in [0.2, 0.25) is 0 Å². The van der Waals surface area contributed by atoms with E-state index in [1.54, 1.807) is 0 Å². The van der Waals surface area contributed by atoms with Crippen molar-refractivity contribution >= 4 is 23.0 Å². The molecular weight excluding hydrogens is 318 g/mol. The molecule has 0 bridgehead atoms. The maximum atomic E-state index is 6.24. The molecule has 2 N–H and O–H groups in total. The highest BCUT2D eigenvalue weighted by atomic mass is 32.1. The van der Waals surface area contributed by atoms with Crippen molar-refractivity contribution in [3.05, 3.63) is 45.6 Å². The second-order valence-electron chi connectivity index (χ2n) is 6.74. The van der Waals surface area contributed by atoms with Gasteiger partial charge >= 0.3 is 0 Å². The number of rotatable bonds is 4. The van der Waals surface area contributed by atoms with Gasteiger partial charge in [0.1, 0.15) is 5.75 Å². The Morgan fingerprint density at radius 1 is 1.17 bits per heavy atom. The third kappa shape index (κ3) is 2.57. The molecular formula is C19H21N3OS. The van der Waals surface area contributed by atoms with E-state index in [0.717, 1.165) is 30.5 Å². The van der Waals surface area contributed by atoms with Crippen LogP contribution >= 0.6 is 11.3 Å². The Morgan fingerprint density at radius 3 is 2.75 bits per heavy atom. The summed E-state index contributed by atoms with van der Waals surface area (Å²) in [5.41, 5.74) is 3.87. The first kappa shape index (κ1) is 14.3. The molecule has 2 aliphatic carbocycles. The summed E-state index contributed by atoms with van der Waals surface area (Å²) >= 11 is 1.84. The molecule has 124 valence electrons. The largest absolute Gasteiger partial charge is 0.489 e. The van der Waals surface area contributed by atoms with Crippen LogP contribution in [0.3, 0.4) is 0 Å². The number of anilines is 1. The van der Waals surface area contributed by atoms with E-state index in [4.69, 9.17) is 4.74 Å². The number of benzene rings is 1. The van der Waals surface area contributed by atoms with Gasteiger partial charge < -0.3 is 15.4 Å². The van der Waals surface area contributed by atoms with Crippen molar-refractivity contribution in [2.45, 2.75) is 37.7 Å². The number of fused-ring (bicyclic) bond motifs is 1. The average Bonchev–Trinajstić information content (AvgIpc) is 3.09. The molecule has 4 nitrogen and oxygen atoms in total. The van der Waals surface area contributed by atoms with Crippen LogP contribution in [0.25, 0.3) is 0 Å². The van der Waals surface area contributed by atoms with Crippen molar-refractivity contribution in [2.24, 2.45) is 4.99 Å². The average molecular weight is 339 g/mol. The Bertz CT molecular complexity index is 774. The second-order valence-corrected chi connectivity index (χ2v) is 7.65. The molecule has 0 radical (unpaired) electrons. The molecule has 24 heavy (non-hydrogen) atoms. The topological polar surface area (TPSA) is 45.6 Å². The Morgan fingerprint density at radius 2 is 2.00 bits per heavy atom. The number of hydrogen-bond donors (Lipinski definition) is 2. The standard InChI is InChI=1S/C19H21N3OS/c1-2-4-14(3-1)23-15-11-24-18-16(17(15)18)12-5-7-13(8-6-12)22-19-20-9-10-21-19/h5-8,11,14,16H,1-4,9-10H2,(H2,20,21,22). The molecule has 1 saturated carbocycles. The first-order valence-corrected chi connectivity index (χ1v) is 9.70. The van der Waals surface area contributed by atoms with Gasteiger partial charge in [-0.2, -0.15) is 0 Å². The van der Waals surface area contributed by atoms with Crippen molar-refractivity contribution < 1.29 is 4.74 Å². The van der Waals surface area contributed by atoms with E-state index in [2.05, 4.69) is 45.3 Å². The number of hydrogen-bond acceptors (Lipinski definition) is 5. The lowest BCUT2D eigenvalue weighted by atomic mass is 10.1. The Balaban J connectivity index is 1.27. The van der Waals surface area contributed by atoms with Crippen LogP contribution < -0.4 is 15.4 Å². The van der Waals surface area contributed by atoms with Crippen molar-refractivity contribution in [3.63, 3.8) is 0 Å². The summed E-state index contributed by atoms with van der Waals surface area (Å²) in [7, 11) is 0. The lowest BCUT2D eigenvalue weighted by molar-refractivity contribution is 0.210. The molecule has 5 rings (SSSR count). The van der Waals surface area contributed by atoms with Crippen LogP contribution in [-0.4, -0.2) is 25.2 Å². The van der Waals surface area contributed by atoms with Gasteiger partial charge in [-0.1, -0.05) is 12.1 Å². The van der Waals surface area contributed by atoms with Gasteiger partial charge in [-0.15, -0.1) is 11.3 Å². The predicted octanol–water partition coefficient (Wildman–Crippen LogP) is 3.93. The molecule has 3 aliphatic rings. The SMILES string of the molecule is c1cc(C2c3scc(OC4CCCC4)c32)ccc1NC1=NCCN1. The van der Waals surface area contributed by atoms with Crippen LogP contribution in [0, 0.1) is 0 Å². The maximum absolute atomic E-state index is 6.24. The third-order valence-electron chi connectivity index (χ3n) is 5.07. The molecule has 1 aliphatic heterocycles. The highest BCUT2D eigenvalue weighted by Crippen LogP contribution is 2.58. The zero-order chi connectivity index (χ0) is 15.9. The third-order valence-corrected chi connectivity index (χ3v) is 6.11. The van der Waals surface area contributed by atoms with Gasteiger partial charge in [-0.25, -0.2) is 0 Å². The van der Waals surface area contributed by atoms with E-state index >= 15 is 0 Å². The fraction of sp³-hybridized carbons (Fsp3) is 0.421. The zero-order valence-corrected chi connectivity index (χ0v) is 14.4. The Hall–Kier alpha value is -2.01. The van der Waals surface area contributed by atoms with Crippen molar-refractivity contribution in [2.75, 3.05) is 18.4 Å². The van der Waals surface area contributed by atoms with Gasteiger partial charge in [-0.05, 0) is 43.4 Å². The summed E-state index contributed by atoms with van der Waals surface area (Å²) < 4.78 is 6.24. The minimum Gasteiger partial charge on any atom is -0.489 e. The smallest absolute Gasteiger partial charge is 0.195 e. The van der Waals surface area contributed by atoms with E-state index < -0.39 is 0 Å². The summed E-state index contributed by atoms with van der Waals surface area (Å²) in [6.07, 6.45) is 5.50. The summed E-state index contributed by atoms with van der Waals surface area (Å²) in [6.45, 7) is 1.78. The summed E-state index contributed by atoms with van der Waals surface area (Å²) in [6, 6.07) is 8.71. The Kier molecular flexibility index (Phi) is 3.47. The van der Waals surface area contributed by atoms with Crippen molar-refractivity contribution in [3.8, 4) is 5.75 Å². The van der Waals surface area contributed by atoms with Gasteiger partial charge in [0.25, 0.3) is 0 Å². The molecule has 1 aromatic heterocycles. The molecule has 1 fully saturated rings. The van der Waals surface area contributed by atoms with E-state index in [1.807, 2.05) is 11.3 Å². The fourth-order valence-corrected chi connectivity index (χ4v) is 4.84. The number of thiophene rings is 1. The van der Waals surface area contributed by atoms with Gasteiger partial charge in [-0.3, -0.25) is 4.99 Å². The molecule has 5 heteroatoms. The van der Waals surface area contributed by atoms with Crippen LogP contribution in [0.2, 0.25) is 0 Å². The van der Waals surface area contributed by atoms with Crippen LogP contribution in [0.15, 0.2) is 34.6 Å². The number of nitrogens with one attached hydrogen (secondary N) is 2. The highest BCUT2D eigenvalue weighted by molar-refractivity contribution is 7.11. The lowest BCUT2D eigenvalue weighted by Gasteiger charge is -2.12. The first-order chi connectivity index (χ1) is 11.9. The number of nitrogens with zero attached hydrogens (tertiary/aromatic N) is 1. The van der Waals surface area contributed by atoms with Crippen molar-refractivity contribution in [1.82, 2.24) is 5.32 Å². The number of guanidine groups is 1. The Labute approximate surface area is 146 Å². The molecule has 0 saturated heterocycles. The number of ether oxygens (including phenoxy) is 1. The summed E-state index contributed by atoms with van der Waals surface area (Å²) in [5.74, 6) is 2.48. The summed E-state index contributed by atoms with van der Waals surface area (Å²) in [4.78, 5) is 5.84. The van der Waals surface area contributed by atoms with Gasteiger partial charge in [0, 0.05) is 34.0 Å². The van der Waals surface area contributed by atoms with E-state index in [-0.39, 0.29) is 0 Å². The number of aliphatic imine (C=N–C) groups is 1. The van der Waals surface area contributed by atoms with E-state index in [0.29, 0.717) is 12.0 Å². The lowest BCUT2D eigenvalue weighted by Crippen LogP contribution is -2.26. The van der Waals surface area contributed by atoms with Crippen LogP contribution in [0.5, 0.6) is 5.75 Å². The molecule has 2 aromatic rings. The zero-order valence-electron chi connectivity index (χ0n) is 13.5. The predicted molar refractivity (Wildman–Crippen MR) is 98.5 cm³/mol. The van der Waals surface area contributed by atoms with Crippen molar-refractivity contribution in [1.29, 1.82) is 0 Å². The maximum Gasteiger partial charge on any atom is 0.195 e.